The van der Waals surface area contributed by atoms with Gasteiger partial charge in [-0.1, -0.05) is 22.9 Å². The van der Waals surface area contributed by atoms with Crippen molar-refractivity contribution >= 4 is 0 Å². The van der Waals surface area contributed by atoms with Crippen molar-refractivity contribution in [3.63, 3.8) is 0 Å². The molecule has 5 nitrogen and oxygen atoms in total. The Morgan fingerprint density at radius 3 is 2.65 bits per heavy atom. The summed E-state index contributed by atoms with van der Waals surface area (Å²) in [5.41, 5.74) is 8.88. The first-order chi connectivity index (χ1) is 9.70. The lowest BCUT2D eigenvalue weighted by atomic mass is 10.2. The molecule has 0 aliphatic heterocycles. The van der Waals surface area contributed by atoms with Crippen LogP contribution in [0.4, 0.5) is 0 Å². The zero-order valence-electron chi connectivity index (χ0n) is 12.2. The van der Waals surface area contributed by atoms with Crippen LogP contribution in [-0.2, 0) is 13.0 Å². The molecule has 0 saturated heterocycles. The van der Waals surface area contributed by atoms with Crippen LogP contribution < -0.4 is 10.5 Å². The number of hydrogen-bond donors (Lipinski definition) is 1. The van der Waals surface area contributed by atoms with Crippen LogP contribution in [0.2, 0.25) is 0 Å². The largest absolute Gasteiger partial charge is 0.492 e. The van der Waals surface area contributed by atoms with E-state index >= 15 is 0 Å². The number of rotatable bonds is 7. The average Bonchev–Trinajstić information content (AvgIpc) is 2.80. The molecule has 20 heavy (non-hydrogen) atoms. The zero-order valence-corrected chi connectivity index (χ0v) is 12.2. The highest BCUT2D eigenvalue weighted by atomic mass is 16.5. The van der Waals surface area contributed by atoms with E-state index in [1.165, 1.54) is 5.56 Å². The first-order valence-corrected chi connectivity index (χ1v) is 6.99. The summed E-state index contributed by atoms with van der Waals surface area (Å²) in [6, 6.07) is 8.05. The Labute approximate surface area is 119 Å². The summed E-state index contributed by atoms with van der Waals surface area (Å²) >= 11 is 0. The van der Waals surface area contributed by atoms with Gasteiger partial charge in [0.25, 0.3) is 0 Å². The molecule has 0 radical (unpaired) electrons. The second-order valence-corrected chi connectivity index (χ2v) is 4.90. The first-order valence-electron chi connectivity index (χ1n) is 6.99. The van der Waals surface area contributed by atoms with E-state index in [2.05, 4.69) is 17.2 Å². The van der Waals surface area contributed by atoms with Crippen LogP contribution in [0.15, 0.2) is 24.3 Å². The summed E-state index contributed by atoms with van der Waals surface area (Å²) in [5.74, 6) is 0.886. The van der Waals surface area contributed by atoms with Crippen molar-refractivity contribution in [1.29, 1.82) is 0 Å². The van der Waals surface area contributed by atoms with Crippen LogP contribution in [0.1, 0.15) is 23.4 Å². The average molecular weight is 274 g/mol. The number of ether oxygens (including phenoxy) is 1. The number of hydrogen-bond acceptors (Lipinski definition) is 4. The highest BCUT2D eigenvalue weighted by Crippen LogP contribution is 2.12. The summed E-state index contributed by atoms with van der Waals surface area (Å²) in [4.78, 5) is 0. The molecule has 0 aliphatic carbocycles. The summed E-state index contributed by atoms with van der Waals surface area (Å²) in [6.45, 7) is 6.07. The molecule has 0 fully saturated rings. The second kappa shape index (κ2) is 7.05. The van der Waals surface area contributed by atoms with E-state index in [0.717, 1.165) is 30.0 Å². The van der Waals surface area contributed by atoms with Crippen molar-refractivity contribution in [1.82, 2.24) is 15.0 Å². The number of aryl methyl sites for hydroxylation is 2. The van der Waals surface area contributed by atoms with Gasteiger partial charge in [-0.05, 0) is 45.4 Å². The minimum atomic E-state index is 0.587. The minimum absolute atomic E-state index is 0.587. The van der Waals surface area contributed by atoms with E-state index in [1.54, 1.807) is 0 Å². The Morgan fingerprint density at radius 1 is 1.20 bits per heavy atom. The molecule has 0 aliphatic rings. The fraction of sp³-hybridized carbons (Fsp3) is 0.467. The number of nitrogens with zero attached hydrogens (tertiary/aromatic N) is 3. The van der Waals surface area contributed by atoms with Gasteiger partial charge in [-0.25, -0.2) is 4.68 Å². The van der Waals surface area contributed by atoms with Crippen molar-refractivity contribution in [3.05, 3.63) is 41.2 Å². The Kier molecular flexibility index (Phi) is 5.12. The lowest BCUT2D eigenvalue weighted by Crippen LogP contribution is -2.11. The van der Waals surface area contributed by atoms with Gasteiger partial charge >= 0.3 is 0 Å². The molecule has 2 rings (SSSR count). The molecule has 0 spiro atoms. The molecule has 0 atom stereocenters. The van der Waals surface area contributed by atoms with E-state index in [-0.39, 0.29) is 0 Å². The Hall–Kier alpha value is -1.88. The molecular weight excluding hydrogens is 252 g/mol. The smallest absolute Gasteiger partial charge is 0.119 e. The van der Waals surface area contributed by atoms with Gasteiger partial charge < -0.3 is 10.5 Å². The first kappa shape index (κ1) is 14.5. The SMILES string of the molecule is Cc1ccc(OCCn2nnc(CCCN)c2C)cc1. The van der Waals surface area contributed by atoms with Gasteiger partial charge in [0, 0.05) is 0 Å². The van der Waals surface area contributed by atoms with E-state index in [1.807, 2.05) is 35.9 Å². The Balaban J connectivity index is 1.85. The molecule has 0 amide bonds. The van der Waals surface area contributed by atoms with Crippen LogP contribution in [0.5, 0.6) is 5.75 Å². The molecule has 108 valence electrons. The fourth-order valence-corrected chi connectivity index (χ4v) is 1.99. The van der Waals surface area contributed by atoms with Crippen molar-refractivity contribution in [3.8, 4) is 5.75 Å². The van der Waals surface area contributed by atoms with Gasteiger partial charge in [0.2, 0.25) is 0 Å². The van der Waals surface area contributed by atoms with Crippen LogP contribution in [0.3, 0.4) is 0 Å². The van der Waals surface area contributed by atoms with Crippen LogP contribution in [0, 0.1) is 13.8 Å². The van der Waals surface area contributed by atoms with Crippen molar-refractivity contribution in [2.45, 2.75) is 33.2 Å². The highest BCUT2D eigenvalue weighted by molar-refractivity contribution is 5.26. The molecule has 1 aromatic carbocycles. The molecule has 0 saturated carbocycles. The molecule has 1 aromatic heterocycles. The predicted octanol–water partition coefficient (Wildman–Crippen LogP) is 1.87. The number of benzene rings is 1. The van der Waals surface area contributed by atoms with Crippen molar-refractivity contribution < 1.29 is 4.74 Å². The van der Waals surface area contributed by atoms with Crippen LogP contribution in [-0.4, -0.2) is 28.1 Å². The van der Waals surface area contributed by atoms with Gasteiger partial charge in [0.15, 0.2) is 0 Å². The van der Waals surface area contributed by atoms with E-state index in [9.17, 15) is 0 Å². The van der Waals surface area contributed by atoms with Gasteiger partial charge in [-0.2, -0.15) is 0 Å². The lowest BCUT2D eigenvalue weighted by molar-refractivity contribution is 0.288. The Morgan fingerprint density at radius 2 is 1.95 bits per heavy atom. The molecular formula is C15H22N4O. The summed E-state index contributed by atoms with van der Waals surface area (Å²) in [5, 5.41) is 8.35. The van der Waals surface area contributed by atoms with Crippen LogP contribution in [0.25, 0.3) is 0 Å². The standard InChI is InChI=1S/C15H22N4O/c1-12-5-7-14(8-6-12)20-11-10-19-13(2)15(17-18-19)4-3-9-16/h5-8H,3-4,9-11,16H2,1-2H3. The molecule has 2 aromatic rings. The third kappa shape index (κ3) is 3.81. The lowest BCUT2D eigenvalue weighted by Gasteiger charge is -2.07. The maximum atomic E-state index is 5.70. The highest BCUT2D eigenvalue weighted by Gasteiger charge is 2.07. The normalized spacial score (nSPS) is 10.8. The molecule has 1 heterocycles. The maximum absolute atomic E-state index is 5.70. The zero-order chi connectivity index (χ0) is 14.4. The Bertz CT molecular complexity index is 533. The third-order valence-corrected chi connectivity index (χ3v) is 3.29. The number of nitrogens with two attached hydrogens (primary N) is 1. The van der Waals surface area contributed by atoms with E-state index < -0.39 is 0 Å². The second-order valence-electron chi connectivity index (χ2n) is 4.90. The van der Waals surface area contributed by atoms with Crippen molar-refractivity contribution in [2.75, 3.05) is 13.2 Å². The summed E-state index contributed by atoms with van der Waals surface area (Å²) in [7, 11) is 0. The summed E-state index contributed by atoms with van der Waals surface area (Å²) in [6.07, 6.45) is 1.83. The van der Waals surface area contributed by atoms with Gasteiger partial charge in [0.05, 0.1) is 17.9 Å². The fourth-order valence-electron chi connectivity index (χ4n) is 1.99. The monoisotopic (exact) mass is 274 g/mol. The van der Waals surface area contributed by atoms with E-state index in [0.29, 0.717) is 19.7 Å². The van der Waals surface area contributed by atoms with Gasteiger partial charge in [-0.15, -0.1) is 5.10 Å². The molecule has 0 bridgehead atoms. The third-order valence-electron chi connectivity index (χ3n) is 3.29. The quantitative estimate of drug-likeness (QED) is 0.837. The minimum Gasteiger partial charge on any atom is -0.492 e. The maximum Gasteiger partial charge on any atom is 0.119 e. The molecule has 0 unspecified atom stereocenters. The predicted molar refractivity (Wildman–Crippen MR) is 78.8 cm³/mol. The van der Waals surface area contributed by atoms with Crippen LogP contribution >= 0.6 is 0 Å². The number of aromatic nitrogens is 3. The molecule has 2 N–H and O–H groups in total. The molecule has 5 heteroatoms. The van der Waals surface area contributed by atoms with Gasteiger partial charge in [0.1, 0.15) is 12.4 Å². The van der Waals surface area contributed by atoms with E-state index in [4.69, 9.17) is 10.5 Å². The van der Waals surface area contributed by atoms with Gasteiger partial charge in [-0.3, -0.25) is 0 Å². The summed E-state index contributed by atoms with van der Waals surface area (Å²) < 4.78 is 7.59. The van der Waals surface area contributed by atoms with Crippen molar-refractivity contribution in [2.24, 2.45) is 5.73 Å². The topological polar surface area (TPSA) is 66.0 Å².